The Balaban J connectivity index is 2.62. The molecule has 1 fully saturated rings. The van der Waals surface area contributed by atoms with Crippen molar-refractivity contribution in [3.8, 4) is 0 Å². The summed E-state index contributed by atoms with van der Waals surface area (Å²) in [7, 11) is 0. The number of carbonyl (C=O) groups excluding carboxylic acids is 1. The molecule has 0 aromatic carbocycles. The molecule has 1 aliphatic rings. The van der Waals surface area contributed by atoms with Gasteiger partial charge in [-0.1, -0.05) is 6.42 Å². The van der Waals surface area contributed by atoms with Crippen LogP contribution in [0.5, 0.6) is 0 Å². The number of aliphatic hydroxyl groups is 2. The number of aldehydes is 1. The zero-order valence-electron chi connectivity index (χ0n) is 5.79. The third kappa shape index (κ3) is 1.20. The van der Waals surface area contributed by atoms with Crippen molar-refractivity contribution >= 4 is 6.29 Å². The van der Waals surface area contributed by atoms with Gasteiger partial charge in [0, 0.05) is 0 Å². The number of aliphatic hydroxyl groups excluding tert-OH is 1. The SMILES string of the molecule is O=C[C@@]1(O)CCCC[C@H]1O. The lowest BCUT2D eigenvalue weighted by molar-refractivity contribution is -0.142. The summed E-state index contributed by atoms with van der Waals surface area (Å²) in [5, 5.41) is 18.5. The predicted octanol–water partition coefficient (Wildman–Crippen LogP) is -0.149. The van der Waals surface area contributed by atoms with E-state index in [2.05, 4.69) is 0 Å². The minimum atomic E-state index is -1.45. The molecule has 0 amide bonds. The second-order valence-corrected chi connectivity index (χ2v) is 2.87. The van der Waals surface area contributed by atoms with Crippen LogP contribution in [0.1, 0.15) is 25.7 Å². The standard InChI is InChI=1S/C7H12O3/c8-5-7(10)4-2-1-3-6(7)9/h5-6,9-10H,1-4H2/t6-,7+/m1/s1. The molecule has 0 aromatic heterocycles. The fraction of sp³-hybridized carbons (Fsp3) is 0.857. The Labute approximate surface area is 59.7 Å². The van der Waals surface area contributed by atoms with E-state index in [1.807, 2.05) is 0 Å². The Morgan fingerprint density at radius 1 is 1.50 bits per heavy atom. The summed E-state index contributed by atoms with van der Waals surface area (Å²) < 4.78 is 0. The Morgan fingerprint density at radius 3 is 2.60 bits per heavy atom. The van der Waals surface area contributed by atoms with Crippen LogP contribution < -0.4 is 0 Å². The summed E-state index contributed by atoms with van der Waals surface area (Å²) in [6, 6.07) is 0. The maximum atomic E-state index is 10.3. The minimum Gasteiger partial charge on any atom is -0.390 e. The number of hydrogen-bond acceptors (Lipinski definition) is 3. The Bertz CT molecular complexity index is 135. The van der Waals surface area contributed by atoms with Crippen LogP contribution in [0.4, 0.5) is 0 Å². The van der Waals surface area contributed by atoms with Crippen LogP contribution >= 0.6 is 0 Å². The average molecular weight is 144 g/mol. The summed E-state index contributed by atoms with van der Waals surface area (Å²) in [5.41, 5.74) is -1.45. The lowest BCUT2D eigenvalue weighted by Crippen LogP contribution is -2.46. The van der Waals surface area contributed by atoms with Crippen LogP contribution in [0.3, 0.4) is 0 Å². The maximum absolute atomic E-state index is 10.3. The lowest BCUT2D eigenvalue weighted by Gasteiger charge is -2.31. The highest BCUT2D eigenvalue weighted by Crippen LogP contribution is 2.26. The molecular weight excluding hydrogens is 132 g/mol. The molecule has 1 rings (SSSR count). The van der Waals surface area contributed by atoms with Gasteiger partial charge in [0.25, 0.3) is 0 Å². The van der Waals surface area contributed by atoms with Gasteiger partial charge in [0.15, 0.2) is 6.29 Å². The van der Waals surface area contributed by atoms with E-state index in [-0.39, 0.29) is 0 Å². The van der Waals surface area contributed by atoms with E-state index in [0.29, 0.717) is 19.1 Å². The molecule has 0 aliphatic heterocycles. The monoisotopic (exact) mass is 144 g/mol. The summed E-state index contributed by atoms with van der Waals surface area (Å²) in [6.07, 6.45) is 2.27. The van der Waals surface area contributed by atoms with Gasteiger partial charge >= 0.3 is 0 Å². The van der Waals surface area contributed by atoms with Crippen LogP contribution in [0.25, 0.3) is 0 Å². The number of rotatable bonds is 1. The third-order valence-electron chi connectivity index (χ3n) is 2.09. The second-order valence-electron chi connectivity index (χ2n) is 2.87. The van der Waals surface area contributed by atoms with E-state index < -0.39 is 11.7 Å². The summed E-state index contributed by atoms with van der Waals surface area (Å²) in [4.78, 5) is 10.3. The fourth-order valence-corrected chi connectivity index (χ4v) is 1.30. The molecule has 1 aliphatic carbocycles. The molecule has 1 saturated carbocycles. The van der Waals surface area contributed by atoms with Crippen molar-refractivity contribution in [2.24, 2.45) is 0 Å². The van der Waals surface area contributed by atoms with E-state index in [1.54, 1.807) is 0 Å². The summed E-state index contributed by atoms with van der Waals surface area (Å²) >= 11 is 0. The molecule has 3 nitrogen and oxygen atoms in total. The summed E-state index contributed by atoms with van der Waals surface area (Å²) in [5.74, 6) is 0. The van der Waals surface area contributed by atoms with Gasteiger partial charge in [0.1, 0.15) is 5.60 Å². The zero-order valence-corrected chi connectivity index (χ0v) is 5.79. The van der Waals surface area contributed by atoms with Crippen molar-refractivity contribution < 1.29 is 15.0 Å². The minimum absolute atomic E-state index is 0.400. The molecule has 2 N–H and O–H groups in total. The fourth-order valence-electron chi connectivity index (χ4n) is 1.30. The van der Waals surface area contributed by atoms with Crippen molar-refractivity contribution in [2.45, 2.75) is 37.4 Å². The molecule has 0 unspecified atom stereocenters. The van der Waals surface area contributed by atoms with E-state index in [4.69, 9.17) is 5.11 Å². The molecule has 10 heavy (non-hydrogen) atoms. The molecular formula is C7H12O3. The summed E-state index contributed by atoms with van der Waals surface area (Å²) in [6.45, 7) is 0. The van der Waals surface area contributed by atoms with E-state index in [0.717, 1.165) is 12.8 Å². The first kappa shape index (κ1) is 7.69. The lowest BCUT2D eigenvalue weighted by atomic mass is 9.83. The van der Waals surface area contributed by atoms with Crippen molar-refractivity contribution in [3.63, 3.8) is 0 Å². The first-order valence-electron chi connectivity index (χ1n) is 3.56. The average Bonchev–Trinajstić information content (AvgIpc) is 1.96. The number of hydrogen-bond donors (Lipinski definition) is 2. The normalized spacial score (nSPS) is 41.2. The van der Waals surface area contributed by atoms with E-state index >= 15 is 0 Å². The molecule has 58 valence electrons. The molecule has 2 atom stereocenters. The molecule has 3 heteroatoms. The van der Waals surface area contributed by atoms with Crippen LogP contribution in [0.2, 0.25) is 0 Å². The van der Waals surface area contributed by atoms with Crippen molar-refractivity contribution in [1.29, 1.82) is 0 Å². The van der Waals surface area contributed by atoms with Gasteiger partial charge in [-0.05, 0) is 19.3 Å². The quantitative estimate of drug-likeness (QED) is 0.503. The smallest absolute Gasteiger partial charge is 0.154 e. The van der Waals surface area contributed by atoms with Gasteiger partial charge in [0.05, 0.1) is 6.10 Å². The Hall–Kier alpha value is -0.410. The molecule has 0 spiro atoms. The largest absolute Gasteiger partial charge is 0.390 e. The van der Waals surface area contributed by atoms with Crippen molar-refractivity contribution in [2.75, 3.05) is 0 Å². The molecule has 0 bridgehead atoms. The van der Waals surface area contributed by atoms with Gasteiger partial charge in [-0.15, -0.1) is 0 Å². The predicted molar refractivity (Wildman–Crippen MR) is 35.5 cm³/mol. The van der Waals surface area contributed by atoms with Crippen LogP contribution in [-0.4, -0.2) is 28.2 Å². The van der Waals surface area contributed by atoms with Crippen LogP contribution in [0.15, 0.2) is 0 Å². The van der Waals surface area contributed by atoms with Gasteiger partial charge in [-0.3, -0.25) is 0 Å². The molecule has 0 aromatic rings. The van der Waals surface area contributed by atoms with Crippen molar-refractivity contribution in [3.05, 3.63) is 0 Å². The van der Waals surface area contributed by atoms with Crippen molar-refractivity contribution in [1.82, 2.24) is 0 Å². The highest BCUT2D eigenvalue weighted by atomic mass is 16.3. The highest BCUT2D eigenvalue weighted by Gasteiger charge is 2.37. The maximum Gasteiger partial charge on any atom is 0.154 e. The van der Waals surface area contributed by atoms with Crippen LogP contribution in [0, 0.1) is 0 Å². The number of carbonyl (C=O) groups is 1. The van der Waals surface area contributed by atoms with Crippen LogP contribution in [-0.2, 0) is 4.79 Å². The van der Waals surface area contributed by atoms with Gasteiger partial charge in [0.2, 0.25) is 0 Å². The topological polar surface area (TPSA) is 57.5 Å². The molecule has 0 heterocycles. The Kier molecular flexibility index (Phi) is 2.06. The van der Waals surface area contributed by atoms with Gasteiger partial charge in [-0.25, -0.2) is 0 Å². The first-order chi connectivity index (χ1) is 4.69. The molecule has 0 radical (unpaired) electrons. The van der Waals surface area contributed by atoms with E-state index in [9.17, 15) is 9.90 Å². The third-order valence-corrected chi connectivity index (χ3v) is 2.09. The van der Waals surface area contributed by atoms with Gasteiger partial charge < -0.3 is 15.0 Å². The van der Waals surface area contributed by atoms with E-state index in [1.165, 1.54) is 0 Å². The second kappa shape index (κ2) is 2.68. The Morgan fingerprint density at radius 2 is 2.20 bits per heavy atom. The van der Waals surface area contributed by atoms with Gasteiger partial charge in [-0.2, -0.15) is 0 Å². The highest BCUT2D eigenvalue weighted by molar-refractivity contribution is 5.63. The zero-order chi connectivity index (χ0) is 7.61. The first-order valence-corrected chi connectivity index (χ1v) is 3.56. The molecule has 0 saturated heterocycles.